The maximum atomic E-state index is 11.3. The Morgan fingerprint density at radius 3 is 2.81 bits per heavy atom. The van der Waals surface area contributed by atoms with E-state index in [9.17, 15) is 9.59 Å². The van der Waals surface area contributed by atoms with Gasteiger partial charge in [0.25, 0.3) is 0 Å². The number of aliphatic carboxylic acids is 1. The maximum Gasteiger partial charge on any atom is 0.328 e. The number of amides is 1. The Balaban J connectivity index is 2.16. The highest BCUT2D eigenvalue weighted by atomic mass is 35.5. The van der Waals surface area contributed by atoms with Gasteiger partial charge in [0.2, 0.25) is 5.91 Å². The predicted molar refractivity (Wildman–Crippen MR) is 82.3 cm³/mol. The highest BCUT2D eigenvalue weighted by Gasteiger charge is 2.24. The number of rotatable bonds is 4. The van der Waals surface area contributed by atoms with Crippen molar-refractivity contribution in [3.05, 3.63) is 34.9 Å². The number of benzene rings is 1. The van der Waals surface area contributed by atoms with Crippen LogP contribution in [0, 0.1) is 5.92 Å². The first-order valence-electron chi connectivity index (χ1n) is 6.72. The molecule has 3 N–H and O–H groups in total. The number of primary amides is 1. The van der Waals surface area contributed by atoms with E-state index in [1.165, 1.54) is 6.08 Å². The van der Waals surface area contributed by atoms with Crippen LogP contribution in [0.3, 0.4) is 0 Å². The Morgan fingerprint density at radius 1 is 1.43 bits per heavy atom. The summed E-state index contributed by atoms with van der Waals surface area (Å²) in [4.78, 5) is 23.9. The summed E-state index contributed by atoms with van der Waals surface area (Å²) in [6.45, 7) is 1.44. The van der Waals surface area contributed by atoms with E-state index < -0.39 is 5.97 Å². The van der Waals surface area contributed by atoms with E-state index in [4.69, 9.17) is 22.4 Å². The van der Waals surface area contributed by atoms with Gasteiger partial charge in [0, 0.05) is 29.9 Å². The minimum absolute atomic E-state index is 0.135. The molecule has 1 heterocycles. The predicted octanol–water partition coefficient (Wildman–Crippen LogP) is 2.14. The minimum atomic E-state index is -1.02. The van der Waals surface area contributed by atoms with Crippen molar-refractivity contribution < 1.29 is 14.7 Å². The van der Waals surface area contributed by atoms with E-state index in [-0.39, 0.29) is 11.8 Å². The standard InChI is InChI=1S/C15H17ClN2O3/c16-13-8-12(5-3-10(13)4-6-14(19)20)18-7-1-2-11(9-18)15(17)21/h3-6,8,11H,1-2,7,9H2,(H2,17,21)(H,19,20)/b6-4+. The molecule has 0 saturated carbocycles. The largest absolute Gasteiger partial charge is 0.478 e. The summed E-state index contributed by atoms with van der Waals surface area (Å²) in [5.41, 5.74) is 6.93. The molecule has 2 rings (SSSR count). The van der Waals surface area contributed by atoms with Gasteiger partial charge < -0.3 is 15.7 Å². The number of piperidine rings is 1. The van der Waals surface area contributed by atoms with Crippen LogP contribution in [-0.4, -0.2) is 30.1 Å². The number of halogens is 1. The van der Waals surface area contributed by atoms with Crippen LogP contribution in [0.5, 0.6) is 0 Å². The molecule has 6 heteroatoms. The molecule has 1 aromatic rings. The summed E-state index contributed by atoms with van der Waals surface area (Å²) in [6.07, 6.45) is 4.23. The molecule has 0 aliphatic carbocycles. The fourth-order valence-electron chi connectivity index (χ4n) is 2.45. The SMILES string of the molecule is NC(=O)C1CCCN(c2ccc(/C=C/C(=O)O)c(Cl)c2)C1. The Bertz CT molecular complexity index is 586. The van der Waals surface area contributed by atoms with E-state index in [0.717, 1.165) is 31.1 Å². The van der Waals surface area contributed by atoms with Crippen LogP contribution < -0.4 is 10.6 Å². The first-order chi connectivity index (χ1) is 9.97. The van der Waals surface area contributed by atoms with Gasteiger partial charge in [-0.25, -0.2) is 4.79 Å². The zero-order valence-electron chi connectivity index (χ0n) is 11.5. The van der Waals surface area contributed by atoms with Gasteiger partial charge in [-0.3, -0.25) is 4.79 Å². The van der Waals surface area contributed by atoms with Gasteiger partial charge in [-0.05, 0) is 36.6 Å². The Kier molecular flexibility index (Phi) is 4.85. The quantitative estimate of drug-likeness (QED) is 0.835. The number of nitrogens with two attached hydrogens (primary N) is 1. The van der Waals surface area contributed by atoms with Crippen LogP contribution in [0.1, 0.15) is 18.4 Å². The van der Waals surface area contributed by atoms with Crippen molar-refractivity contribution in [3.8, 4) is 0 Å². The Labute approximate surface area is 128 Å². The van der Waals surface area contributed by atoms with E-state index >= 15 is 0 Å². The lowest BCUT2D eigenvalue weighted by Gasteiger charge is -2.33. The summed E-state index contributed by atoms with van der Waals surface area (Å²) in [5, 5.41) is 9.10. The first-order valence-corrected chi connectivity index (χ1v) is 7.10. The molecule has 1 atom stereocenters. The number of hydrogen-bond acceptors (Lipinski definition) is 3. The smallest absolute Gasteiger partial charge is 0.328 e. The van der Waals surface area contributed by atoms with Crippen LogP contribution in [-0.2, 0) is 9.59 Å². The highest BCUT2D eigenvalue weighted by Crippen LogP contribution is 2.28. The lowest BCUT2D eigenvalue weighted by atomic mass is 9.97. The summed E-state index contributed by atoms with van der Waals surface area (Å²) >= 11 is 6.17. The van der Waals surface area contributed by atoms with Crippen molar-refractivity contribution in [1.82, 2.24) is 0 Å². The average Bonchev–Trinajstić information content (AvgIpc) is 2.46. The van der Waals surface area contributed by atoms with Gasteiger partial charge in [0.15, 0.2) is 0 Å². The normalized spacial score (nSPS) is 18.9. The monoisotopic (exact) mass is 308 g/mol. The molecule has 1 saturated heterocycles. The van der Waals surface area contributed by atoms with Crippen LogP contribution in [0.25, 0.3) is 6.08 Å². The second-order valence-corrected chi connectivity index (χ2v) is 5.47. The molecule has 0 radical (unpaired) electrons. The van der Waals surface area contributed by atoms with Gasteiger partial charge in [0.05, 0.1) is 5.92 Å². The minimum Gasteiger partial charge on any atom is -0.478 e. The van der Waals surface area contributed by atoms with E-state index in [1.54, 1.807) is 12.1 Å². The third-order valence-corrected chi connectivity index (χ3v) is 3.91. The number of nitrogens with zero attached hydrogens (tertiary/aromatic N) is 1. The molecule has 112 valence electrons. The molecular weight excluding hydrogens is 292 g/mol. The molecular formula is C15H17ClN2O3. The van der Waals surface area contributed by atoms with E-state index in [2.05, 4.69) is 4.90 Å². The zero-order valence-corrected chi connectivity index (χ0v) is 12.2. The number of carbonyl (C=O) groups is 2. The van der Waals surface area contributed by atoms with Crippen molar-refractivity contribution in [2.45, 2.75) is 12.8 Å². The van der Waals surface area contributed by atoms with Crippen molar-refractivity contribution in [2.75, 3.05) is 18.0 Å². The molecule has 1 fully saturated rings. The molecule has 1 amide bonds. The molecule has 1 unspecified atom stereocenters. The molecule has 5 nitrogen and oxygen atoms in total. The molecule has 1 aromatic carbocycles. The number of carboxylic acids is 1. The third-order valence-electron chi connectivity index (χ3n) is 3.58. The van der Waals surface area contributed by atoms with E-state index in [1.807, 2.05) is 6.07 Å². The van der Waals surface area contributed by atoms with Crippen LogP contribution >= 0.6 is 11.6 Å². The molecule has 0 spiro atoms. The van der Waals surface area contributed by atoms with Crippen molar-refractivity contribution in [3.63, 3.8) is 0 Å². The highest BCUT2D eigenvalue weighted by molar-refractivity contribution is 6.32. The van der Waals surface area contributed by atoms with E-state index in [0.29, 0.717) is 17.1 Å². The summed E-state index contributed by atoms with van der Waals surface area (Å²) in [5.74, 6) is -1.42. The topological polar surface area (TPSA) is 83.6 Å². The van der Waals surface area contributed by atoms with Crippen molar-refractivity contribution in [2.24, 2.45) is 11.7 Å². The number of carbonyl (C=O) groups excluding carboxylic acids is 1. The van der Waals surface area contributed by atoms with Crippen LogP contribution in [0.15, 0.2) is 24.3 Å². The molecule has 21 heavy (non-hydrogen) atoms. The lowest BCUT2D eigenvalue weighted by Crippen LogP contribution is -2.41. The van der Waals surface area contributed by atoms with Crippen LogP contribution in [0.2, 0.25) is 5.02 Å². The van der Waals surface area contributed by atoms with Gasteiger partial charge in [-0.15, -0.1) is 0 Å². The molecule has 0 aromatic heterocycles. The third kappa shape index (κ3) is 3.98. The van der Waals surface area contributed by atoms with Gasteiger partial charge in [0.1, 0.15) is 0 Å². The maximum absolute atomic E-state index is 11.3. The second kappa shape index (κ2) is 6.63. The first kappa shape index (κ1) is 15.4. The Morgan fingerprint density at radius 2 is 2.19 bits per heavy atom. The van der Waals surface area contributed by atoms with Crippen molar-refractivity contribution in [1.29, 1.82) is 0 Å². The van der Waals surface area contributed by atoms with Gasteiger partial charge in [-0.2, -0.15) is 0 Å². The van der Waals surface area contributed by atoms with Crippen LogP contribution in [0.4, 0.5) is 5.69 Å². The summed E-state index contributed by atoms with van der Waals surface area (Å²) in [7, 11) is 0. The number of hydrogen-bond donors (Lipinski definition) is 2. The summed E-state index contributed by atoms with van der Waals surface area (Å²) in [6, 6.07) is 5.42. The molecule has 1 aliphatic heterocycles. The van der Waals surface area contributed by atoms with Crippen molar-refractivity contribution >= 4 is 35.2 Å². The zero-order chi connectivity index (χ0) is 15.4. The molecule has 0 bridgehead atoms. The number of anilines is 1. The fraction of sp³-hybridized carbons (Fsp3) is 0.333. The second-order valence-electron chi connectivity index (χ2n) is 5.06. The fourth-order valence-corrected chi connectivity index (χ4v) is 2.69. The lowest BCUT2D eigenvalue weighted by molar-refractivity contribution is -0.131. The summed E-state index contributed by atoms with van der Waals surface area (Å²) < 4.78 is 0. The average molecular weight is 309 g/mol. The van der Waals surface area contributed by atoms with Gasteiger partial charge >= 0.3 is 5.97 Å². The Hall–Kier alpha value is -2.01. The van der Waals surface area contributed by atoms with Gasteiger partial charge in [-0.1, -0.05) is 17.7 Å². The molecule has 1 aliphatic rings. The number of carboxylic acid groups (broad SMARTS) is 1.